The number of benzene rings is 3. The molecule has 0 saturated carbocycles. The van der Waals surface area contributed by atoms with Crippen LogP contribution in [0.4, 0.5) is 4.39 Å². The van der Waals surface area contributed by atoms with E-state index in [1.165, 1.54) is 30.3 Å². The van der Waals surface area contributed by atoms with Gasteiger partial charge in [-0.25, -0.2) is 9.18 Å². The highest BCUT2D eigenvalue weighted by atomic mass is 35.5. The molecule has 0 bridgehead atoms. The van der Waals surface area contributed by atoms with E-state index < -0.39 is 11.8 Å². The van der Waals surface area contributed by atoms with Crippen molar-refractivity contribution in [2.75, 3.05) is 0 Å². The van der Waals surface area contributed by atoms with Crippen LogP contribution in [0, 0.1) is 19.7 Å². The fourth-order valence-corrected chi connectivity index (χ4v) is 5.02. The Balaban J connectivity index is 1.82. The van der Waals surface area contributed by atoms with Crippen molar-refractivity contribution in [3.63, 3.8) is 0 Å². The molecule has 0 amide bonds. The van der Waals surface area contributed by atoms with Crippen LogP contribution in [0.3, 0.4) is 0 Å². The number of rotatable bonds is 6. The van der Waals surface area contributed by atoms with Crippen molar-refractivity contribution < 1.29 is 28.9 Å². The topological polar surface area (TPSA) is 83.8 Å². The van der Waals surface area contributed by atoms with E-state index in [4.69, 9.17) is 21.4 Å². The molecule has 1 heterocycles. The molecule has 0 fully saturated rings. The Bertz CT molecular complexity index is 1470. The third kappa shape index (κ3) is 4.66. The van der Waals surface area contributed by atoms with Crippen molar-refractivity contribution in [3.8, 4) is 17.2 Å². The van der Waals surface area contributed by atoms with Gasteiger partial charge in [-0.05, 0) is 79.1 Å². The number of aryl methyl sites for hydroxylation is 2. The number of fused-ring (bicyclic) bond motifs is 1. The summed E-state index contributed by atoms with van der Waals surface area (Å²) in [5, 5.41) is 19.6. The number of ether oxygens (including phenoxy) is 1. The minimum absolute atomic E-state index is 0.0473. The fraction of sp³-hybridized carbons (Fsp3) is 0.0769. The maximum atomic E-state index is 13.8. The number of phenols is 1. The van der Waals surface area contributed by atoms with Gasteiger partial charge in [0.1, 0.15) is 22.2 Å². The Labute approximate surface area is 203 Å². The number of hydrogen-bond donors (Lipinski definition) is 2. The molecule has 172 valence electrons. The number of carboxylic acid groups (broad SMARTS) is 1. The number of phenolic OH excluding ortho intramolecular Hbond substituents is 1. The summed E-state index contributed by atoms with van der Waals surface area (Å²) in [6.07, 6.45) is 2.34. The number of carbonyl (C=O) groups excluding carboxylic acids is 1. The van der Waals surface area contributed by atoms with Crippen LogP contribution in [0.1, 0.15) is 31.9 Å². The molecule has 0 atom stereocenters. The van der Waals surface area contributed by atoms with E-state index >= 15 is 0 Å². The van der Waals surface area contributed by atoms with Crippen molar-refractivity contribution >= 4 is 50.9 Å². The van der Waals surface area contributed by atoms with E-state index in [0.717, 1.165) is 17.4 Å². The molecule has 0 aliphatic heterocycles. The van der Waals surface area contributed by atoms with Gasteiger partial charge in [-0.3, -0.25) is 4.79 Å². The SMILES string of the molecule is Cc1cc(F)cc(C)c1C(=O)c1sc2cc(O)ccc2c1Oc1ccc(/C=C/C(=O)O)c(Cl)c1. The summed E-state index contributed by atoms with van der Waals surface area (Å²) in [6, 6.07) is 12.1. The van der Waals surface area contributed by atoms with Crippen molar-refractivity contribution in [3.05, 3.63) is 92.6 Å². The summed E-state index contributed by atoms with van der Waals surface area (Å²) in [5.74, 6) is -1.16. The second-order valence-corrected chi connectivity index (χ2v) is 9.10. The second kappa shape index (κ2) is 9.29. The van der Waals surface area contributed by atoms with E-state index in [1.807, 2.05) is 0 Å². The van der Waals surface area contributed by atoms with Crippen molar-refractivity contribution in [2.24, 2.45) is 0 Å². The zero-order valence-corrected chi connectivity index (χ0v) is 19.6. The van der Waals surface area contributed by atoms with Crippen molar-refractivity contribution in [2.45, 2.75) is 13.8 Å². The molecule has 8 heteroatoms. The zero-order valence-electron chi connectivity index (χ0n) is 18.1. The molecule has 0 radical (unpaired) electrons. The largest absolute Gasteiger partial charge is 0.508 e. The summed E-state index contributed by atoms with van der Waals surface area (Å²) in [6.45, 7) is 3.35. The van der Waals surface area contributed by atoms with Crippen LogP contribution in [0.15, 0.2) is 54.6 Å². The summed E-state index contributed by atoms with van der Waals surface area (Å²) < 4.78 is 20.6. The summed E-state index contributed by atoms with van der Waals surface area (Å²) in [7, 11) is 0. The Morgan fingerprint density at radius 3 is 2.41 bits per heavy atom. The third-order valence-corrected chi connectivity index (χ3v) is 6.62. The Morgan fingerprint density at radius 1 is 1.06 bits per heavy atom. The van der Waals surface area contributed by atoms with Crippen LogP contribution in [-0.4, -0.2) is 22.0 Å². The van der Waals surface area contributed by atoms with Gasteiger partial charge < -0.3 is 14.9 Å². The molecule has 34 heavy (non-hydrogen) atoms. The number of aromatic hydroxyl groups is 1. The van der Waals surface area contributed by atoms with Crippen LogP contribution in [0.25, 0.3) is 16.2 Å². The zero-order chi connectivity index (χ0) is 24.6. The van der Waals surface area contributed by atoms with E-state index in [1.54, 1.807) is 38.1 Å². The number of ketones is 1. The predicted molar refractivity (Wildman–Crippen MR) is 131 cm³/mol. The van der Waals surface area contributed by atoms with E-state index in [0.29, 0.717) is 43.0 Å². The Kier molecular flexibility index (Phi) is 6.41. The first-order valence-corrected chi connectivity index (χ1v) is 11.3. The molecule has 5 nitrogen and oxygen atoms in total. The minimum atomic E-state index is -1.10. The summed E-state index contributed by atoms with van der Waals surface area (Å²) in [4.78, 5) is 24.7. The lowest BCUT2D eigenvalue weighted by atomic mass is 9.97. The maximum Gasteiger partial charge on any atom is 0.328 e. The first kappa shape index (κ1) is 23.5. The lowest BCUT2D eigenvalue weighted by Gasteiger charge is -2.11. The van der Waals surface area contributed by atoms with Gasteiger partial charge in [-0.2, -0.15) is 0 Å². The highest BCUT2D eigenvalue weighted by Gasteiger charge is 2.25. The molecule has 0 spiro atoms. The number of carbonyl (C=O) groups is 2. The summed E-state index contributed by atoms with van der Waals surface area (Å²) >= 11 is 7.45. The number of thiophene rings is 1. The monoisotopic (exact) mass is 496 g/mol. The van der Waals surface area contributed by atoms with E-state index in [9.17, 15) is 19.1 Å². The van der Waals surface area contributed by atoms with Gasteiger partial charge in [-0.1, -0.05) is 11.6 Å². The van der Waals surface area contributed by atoms with Gasteiger partial charge >= 0.3 is 5.97 Å². The van der Waals surface area contributed by atoms with Gasteiger partial charge in [0.15, 0.2) is 5.75 Å². The van der Waals surface area contributed by atoms with Gasteiger partial charge in [0.25, 0.3) is 0 Å². The molecule has 0 saturated heterocycles. The smallest absolute Gasteiger partial charge is 0.328 e. The molecule has 0 aliphatic carbocycles. The standard InChI is InChI=1S/C26H18ClFO5S/c1-13-9-16(28)10-14(2)23(13)24(32)26-25(19-7-5-17(29)11-21(19)34-26)33-18-6-3-15(20(27)12-18)4-8-22(30)31/h3-12,29H,1-2H3,(H,30,31)/b8-4+. The lowest BCUT2D eigenvalue weighted by Crippen LogP contribution is -2.06. The average Bonchev–Trinajstić information content (AvgIpc) is 3.09. The summed E-state index contributed by atoms with van der Waals surface area (Å²) in [5.41, 5.74) is 1.89. The van der Waals surface area contributed by atoms with E-state index in [2.05, 4.69) is 0 Å². The molecule has 4 rings (SSSR count). The predicted octanol–water partition coefficient (Wildman–Crippen LogP) is 7.14. The van der Waals surface area contributed by atoms with E-state index in [-0.39, 0.29) is 22.3 Å². The average molecular weight is 497 g/mol. The van der Waals surface area contributed by atoms with Gasteiger partial charge in [0.2, 0.25) is 5.78 Å². The fourth-order valence-electron chi connectivity index (χ4n) is 3.68. The highest BCUT2D eigenvalue weighted by Crippen LogP contribution is 2.43. The first-order valence-electron chi connectivity index (χ1n) is 10.1. The second-order valence-electron chi connectivity index (χ2n) is 7.64. The van der Waals surface area contributed by atoms with Crippen LogP contribution in [0.2, 0.25) is 5.02 Å². The Hall–Kier alpha value is -3.68. The van der Waals surface area contributed by atoms with Crippen molar-refractivity contribution in [1.82, 2.24) is 0 Å². The maximum absolute atomic E-state index is 13.8. The lowest BCUT2D eigenvalue weighted by molar-refractivity contribution is -0.131. The minimum Gasteiger partial charge on any atom is -0.508 e. The molecule has 2 N–H and O–H groups in total. The van der Waals surface area contributed by atoms with Gasteiger partial charge in [0, 0.05) is 27.8 Å². The normalized spacial score (nSPS) is 11.3. The number of hydrogen-bond acceptors (Lipinski definition) is 5. The molecule has 3 aromatic carbocycles. The molecule has 1 aromatic heterocycles. The van der Waals surface area contributed by atoms with Crippen LogP contribution < -0.4 is 4.74 Å². The number of halogens is 2. The third-order valence-electron chi connectivity index (χ3n) is 5.16. The van der Waals surface area contributed by atoms with Gasteiger partial charge in [-0.15, -0.1) is 11.3 Å². The molecule has 0 aliphatic rings. The van der Waals surface area contributed by atoms with Crippen LogP contribution in [-0.2, 0) is 4.79 Å². The van der Waals surface area contributed by atoms with Crippen molar-refractivity contribution in [1.29, 1.82) is 0 Å². The Morgan fingerprint density at radius 2 is 1.76 bits per heavy atom. The number of carboxylic acids is 1. The molecule has 0 unspecified atom stereocenters. The van der Waals surface area contributed by atoms with Crippen LogP contribution >= 0.6 is 22.9 Å². The molecular formula is C26H18ClFO5S. The number of aliphatic carboxylic acids is 1. The first-order chi connectivity index (χ1) is 16.1. The molecular weight excluding hydrogens is 479 g/mol. The highest BCUT2D eigenvalue weighted by molar-refractivity contribution is 7.21. The van der Waals surface area contributed by atoms with Crippen LogP contribution in [0.5, 0.6) is 17.2 Å². The van der Waals surface area contributed by atoms with Gasteiger partial charge in [0.05, 0.1) is 5.02 Å². The quantitative estimate of drug-likeness (QED) is 0.219. The molecule has 4 aromatic rings.